The number of pyridine rings is 1. The van der Waals surface area contributed by atoms with E-state index in [-0.39, 0.29) is 23.6 Å². The Morgan fingerprint density at radius 2 is 1.77 bits per heavy atom. The van der Waals surface area contributed by atoms with Crippen LogP contribution in [-0.2, 0) is 13.5 Å². The molecule has 1 N–H and O–H groups in total. The molecule has 0 bridgehead atoms. The molecule has 200 valence electrons. The van der Waals surface area contributed by atoms with E-state index in [4.69, 9.17) is 4.74 Å². The minimum Gasteiger partial charge on any atom is -0.467 e. The summed E-state index contributed by atoms with van der Waals surface area (Å²) in [5.74, 6) is 0.403. The Bertz CT molecular complexity index is 1610. The van der Waals surface area contributed by atoms with Crippen molar-refractivity contribution in [3.8, 4) is 22.8 Å². The van der Waals surface area contributed by atoms with E-state index in [1.807, 2.05) is 43.3 Å². The SMILES string of the molecule is CCc1c(-c2ccc(-n3c(OC)nn(C)c3=O)cc2)ccnc1N1CCN(c2cccc(C(=O)NC)c2)C1=O. The first-order valence-corrected chi connectivity index (χ1v) is 12.6. The average molecular weight is 528 g/mol. The summed E-state index contributed by atoms with van der Waals surface area (Å²) in [5, 5.41) is 6.71. The number of carbonyl (C=O) groups is 2. The molecular weight excluding hydrogens is 498 g/mol. The summed E-state index contributed by atoms with van der Waals surface area (Å²) >= 11 is 0. The Labute approximate surface area is 225 Å². The molecule has 0 spiro atoms. The van der Waals surface area contributed by atoms with Gasteiger partial charge in [0.2, 0.25) is 0 Å². The fourth-order valence-electron chi connectivity index (χ4n) is 4.85. The number of hydrogen-bond acceptors (Lipinski definition) is 6. The van der Waals surface area contributed by atoms with Gasteiger partial charge in [-0.25, -0.2) is 23.8 Å². The Morgan fingerprint density at radius 1 is 1.03 bits per heavy atom. The van der Waals surface area contributed by atoms with Crippen molar-refractivity contribution in [3.05, 3.63) is 82.4 Å². The van der Waals surface area contributed by atoms with Crippen LogP contribution in [0.25, 0.3) is 16.8 Å². The molecule has 39 heavy (non-hydrogen) atoms. The summed E-state index contributed by atoms with van der Waals surface area (Å²) in [4.78, 5) is 46.1. The zero-order valence-electron chi connectivity index (χ0n) is 22.2. The molecule has 1 aliphatic heterocycles. The van der Waals surface area contributed by atoms with Crippen LogP contribution < -0.4 is 25.5 Å². The molecule has 4 aromatic rings. The summed E-state index contributed by atoms with van der Waals surface area (Å²) in [5.41, 5.74) is 4.29. The van der Waals surface area contributed by atoms with Gasteiger partial charge in [-0.2, -0.15) is 0 Å². The number of aromatic nitrogens is 4. The maximum atomic E-state index is 13.5. The highest BCUT2D eigenvalue weighted by Gasteiger charge is 2.33. The molecule has 11 nitrogen and oxygen atoms in total. The molecule has 2 aromatic heterocycles. The van der Waals surface area contributed by atoms with E-state index in [1.165, 1.54) is 16.4 Å². The lowest BCUT2D eigenvalue weighted by molar-refractivity contribution is 0.0963. The molecule has 3 heterocycles. The van der Waals surface area contributed by atoms with Gasteiger partial charge in [0.15, 0.2) is 0 Å². The highest BCUT2D eigenvalue weighted by Crippen LogP contribution is 2.33. The molecule has 0 radical (unpaired) electrons. The number of methoxy groups -OCH3 is 1. The van der Waals surface area contributed by atoms with Gasteiger partial charge in [-0.3, -0.25) is 14.6 Å². The van der Waals surface area contributed by atoms with Gasteiger partial charge in [-0.1, -0.05) is 25.1 Å². The van der Waals surface area contributed by atoms with Crippen molar-refractivity contribution >= 4 is 23.4 Å². The highest BCUT2D eigenvalue weighted by atomic mass is 16.5. The third kappa shape index (κ3) is 4.52. The summed E-state index contributed by atoms with van der Waals surface area (Å²) < 4.78 is 7.89. The van der Waals surface area contributed by atoms with Crippen LogP contribution in [-0.4, -0.2) is 58.5 Å². The van der Waals surface area contributed by atoms with Crippen molar-refractivity contribution in [2.45, 2.75) is 13.3 Å². The van der Waals surface area contributed by atoms with Gasteiger partial charge in [0.1, 0.15) is 5.82 Å². The molecule has 1 fully saturated rings. The van der Waals surface area contributed by atoms with Crippen molar-refractivity contribution in [2.75, 3.05) is 37.0 Å². The number of amides is 3. The van der Waals surface area contributed by atoms with Crippen LogP contribution in [0, 0.1) is 0 Å². The van der Waals surface area contributed by atoms with Crippen molar-refractivity contribution in [1.29, 1.82) is 0 Å². The molecule has 1 aliphatic rings. The Balaban J connectivity index is 1.46. The fourth-order valence-corrected chi connectivity index (χ4v) is 4.85. The molecule has 0 aliphatic carbocycles. The zero-order valence-corrected chi connectivity index (χ0v) is 22.2. The second kappa shape index (κ2) is 10.4. The molecule has 1 saturated heterocycles. The predicted octanol–water partition coefficient (Wildman–Crippen LogP) is 3.01. The van der Waals surface area contributed by atoms with E-state index >= 15 is 0 Å². The Kier molecular flexibility index (Phi) is 6.88. The minimum atomic E-state index is -0.307. The number of aryl methyl sites for hydroxylation is 1. The van der Waals surface area contributed by atoms with Crippen molar-refractivity contribution in [3.63, 3.8) is 0 Å². The summed E-state index contributed by atoms with van der Waals surface area (Å²) in [6.07, 6.45) is 2.36. The van der Waals surface area contributed by atoms with E-state index in [0.29, 0.717) is 42.3 Å². The minimum absolute atomic E-state index is 0.193. The predicted molar refractivity (Wildman–Crippen MR) is 148 cm³/mol. The van der Waals surface area contributed by atoms with Crippen LogP contribution in [0.15, 0.2) is 65.6 Å². The lowest BCUT2D eigenvalue weighted by Gasteiger charge is -2.22. The van der Waals surface area contributed by atoms with Crippen LogP contribution in [0.2, 0.25) is 0 Å². The fraction of sp³-hybridized carbons (Fsp3) is 0.250. The summed E-state index contributed by atoms with van der Waals surface area (Å²) in [7, 11) is 4.62. The smallest absolute Gasteiger partial charge is 0.353 e. The molecule has 3 amide bonds. The van der Waals surface area contributed by atoms with E-state index < -0.39 is 0 Å². The number of anilines is 2. The average Bonchev–Trinajstić information content (AvgIpc) is 3.50. The molecule has 0 atom stereocenters. The van der Waals surface area contributed by atoms with E-state index in [0.717, 1.165) is 16.7 Å². The topological polar surface area (TPSA) is 115 Å². The summed E-state index contributed by atoms with van der Waals surface area (Å²) in [6.45, 7) is 2.97. The van der Waals surface area contributed by atoms with E-state index in [2.05, 4.69) is 15.4 Å². The first kappa shape index (κ1) is 25.7. The van der Waals surface area contributed by atoms with Crippen LogP contribution in [0.5, 0.6) is 6.01 Å². The van der Waals surface area contributed by atoms with Crippen LogP contribution in [0.1, 0.15) is 22.8 Å². The number of urea groups is 1. The standard InChI is InChI=1S/C28H29N7O4/c1-5-22-23(18-9-11-20(12-10-18)35-26(39-4)31-32(3)27(35)37)13-14-30-24(22)34-16-15-33(28(34)38)21-8-6-7-19(17-21)25(36)29-2/h6-14,17H,5,15-16H2,1-4H3,(H,29,36). The molecule has 0 saturated carbocycles. The third-order valence-electron chi connectivity index (χ3n) is 6.81. The van der Waals surface area contributed by atoms with Crippen molar-refractivity contribution < 1.29 is 14.3 Å². The number of ether oxygens (including phenoxy) is 1. The molecule has 11 heteroatoms. The van der Waals surface area contributed by atoms with Crippen LogP contribution in [0.4, 0.5) is 16.3 Å². The van der Waals surface area contributed by atoms with E-state index in [1.54, 1.807) is 48.3 Å². The zero-order chi connectivity index (χ0) is 27.7. The van der Waals surface area contributed by atoms with Crippen LogP contribution in [0.3, 0.4) is 0 Å². The lowest BCUT2D eigenvalue weighted by Crippen LogP contribution is -2.33. The van der Waals surface area contributed by atoms with Crippen molar-refractivity contribution in [1.82, 2.24) is 24.6 Å². The summed E-state index contributed by atoms with van der Waals surface area (Å²) in [6, 6.07) is 16.5. The Hall–Kier alpha value is -4.93. The lowest BCUT2D eigenvalue weighted by atomic mass is 9.98. The largest absolute Gasteiger partial charge is 0.467 e. The maximum Gasteiger partial charge on any atom is 0.353 e. The molecule has 2 aromatic carbocycles. The highest BCUT2D eigenvalue weighted by molar-refractivity contribution is 6.07. The number of carbonyl (C=O) groups excluding carboxylic acids is 2. The number of benzene rings is 2. The molecule has 5 rings (SSSR count). The van der Waals surface area contributed by atoms with E-state index in [9.17, 15) is 14.4 Å². The maximum absolute atomic E-state index is 13.5. The van der Waals surface area contributed by atoms with Gasteiger partial charge >= 0.3 is 17.7 Å². The van der Waals surface area contributed by atoms with Gasteiger partial charge in [0.25, 0.3) is 5.91 Å². The monoisotopic (exact) mass is 527 g/mol. The number of nitrogens with one attached hydrogen (secondary N) is 1. The first-order valence-electron chi connectivity index (χ1n) is 12.6. The van der Waals surface area contributed by atoms with Crippen LogP contribution >= 0.6 is 0 Å². The molecular formula is C28H29N7O4. The van der Waals surface area contributed by atoms with Gasteiger partial charge < -0.3 is 10.1 Å². The number of hydrogen-bond donors (Lipinski definition) is 1. The van der Waals surface area contributed by atoms with Gasteiger partial charge in [0.05, 0.1) is 12.8 Å². The second-order valence-electron chi connectivity index (χ2n) is 9.00. The van der Waals surface area contributed by atoms with Gasteiger partial charge in [-0.15, -0.1) is 5.10 Å². The van der Waals surface area contributed by atoms with Crippen molar-refractivity contribution in [2.24, 2.45) is 7.05 Å². The normalized spacial score (nSPS) is 13.2. The third-order valence-corrected chi connectivity index (χ3v) is 6.81. The van der Waals surface area contributed by atoms with Gasteiger partial charge in [0, 0.05) is 50.2 Å². The number of rotatable bonds is 7. The number of nitrogens with zero attached hydrogens (tertiary/aromatic N) is 6. The Morgan fingerprint density at radius 3 is 2.46 bits per heavy atom. The quantitative estimate of drug-likeness (QED) is 0.395. The second-order valence-corrected chi connectivity index (χ2v) is 9.00. The first-order chi connectivity index (χ1) is 18.9. The van der Waals surface area contributed by atoms with Gasteiger partial charge in [-0.05, 0) is 53.9 Å². The molecule has 0 unspecified atom stereocenters.